The van der Waals surface area contributed by atoms with Crippen LogP contribution in [0, 0.1) is 10.1 Å². The Hall–Kier alpha value is -2.51. The molecule has 0 unspecified atom stereocenters. The first kappa shape index (κ1) is 24.7. The topological polar surface area (TPSA) is 246 Å². The van der Waals surface area contributed by atoms with E-state index >= 15 is 0 Å². The van der Waals surface area contributed by atoms with Gasteiger partial charge in [-0.15, -0.1) is 0 Å². The molecule has 146 valence electrons. The van der Waals surface area contributed by atoms with Crippen molar-refractivity contribution in [3.05, 3.63) is 10.1 Å². The first-order chi connectivity index (χ1) is 11.6. The van der Waals surface area contributed by atoms with Crippen molar-refractivity contribution < 1.29 is 24.8 Å². The van der Waals surface area contributed by atoms with Crippen molar-refractivity contribution in [1.29, 1.82) is 0 Å². The van der Waals surface area contributed by atoms with Crippen molar-refractivity contribution in [3.63, 3.8) is 0 Å². The third-order valence-corrected chi connectivity index (χ3v) is 2.76. The number of aliphatic carboxylic acids is 2. The van der Waals surface area contributed by atoms with Crippen LogP contribution in [0.15, 0.2) is 4.99 Å². The van der Waals surface area contributed by atoms with E-state index < -0.39 is 29.1 Å². The molecule has 13 nitrogen and oxygen atoms in total. The van der Waals surface area contributed by atoms with Gasteiger partial charge < -0.3 is 33.1 Å². The molecule has 0 saturated carbocycles. The largest absolute Gasteiger partial charge is 0.480 e. The molecule has 0 aromatic heterocycles. The Morgan fingerprint density at radius 2 is 1.56 bits per heavy atom. The highest BCUT2D eigenvalue weighted by Gasteiger charge is 2.10. The Labute approximate surface area is 144 Å². The lowest BCUT2D eigenvalue weighted by atomic mass is 10.1. The monoisotopic (exact) mass is 365 g/mol. The first-order valence-corrected chi connectivity index (χ1v) is 7.49. The summed E-state index contributed by atoms with van der Waals surface area (Å²) in [6, 6.07) is -1.66. The number of guanidine groups is 1. The summed E-state index contributed by atoms with van der Waals surface area (Å²) < 4.78 is 0. The molecule has 0 heterocycles. The summed E-state index contributed by atoms with van der Waals surface area (Å²) in [6.07, 6.45) is 2.80. The number of carboxylic acids is 2. The van der Waals surface area contributed by atoms with Gasteiger partial charge in [0.1, 0.15) is 12.1 Å². The van der Waals surface area contributed by atoms with E-state index in [9.17, 15) is 19.7 Å². The van der Waals surface area contributed by atoms with E-state index in [2.05, 4.69) is 4.99 Å². The van der Waals surface area contributed by atoms with Crippen LogP contribution in [-0.4, -0.2) is 58.3 Å². The number of rotatable bonds is 11. The van der Waals surface area contributed by atoms with Crippen LogP contribution < -0.4 is 28.4 Å². The van der Waals surface area contributed by atoms with E-state index in [1.54, 1.807) is 5.43 Å². The molecule has 0 rings (SSSR count). The molecule has 0 aromatic rings. The molecule has 0 aliphatic rings. The van der Waals surface area contributed by atoms with Gasteiger partial charge in [0.05, 0.1) is 0 Å². The molecule has 0 aliphatic carbocycles. The fraction of sp³-hybridized carbons (Fsp3) is 0.750. The van der Waals surface area contributed by atoms with Gasteiger partial charge in [0.2, 0.25) is 0 Å². The average molecular weight is 365 g/mol. The van der Waals surface area contributed by atoms with E-state index in [1.165, 1.54) is 0 Å². The lowest BCUT2D eigenvalue weighted by Gasteiger charge is -2.03. The number of hydrogen-bond donors (Lipinski definition) is 7. The van der Waals surface area contributed by atoms with Crippen LogP contribution in [0.1, 0.15) is 32.1 Å². The van der Waals surface area contributed by atoms with Crippen LogP contribution in [0.5, 0.6) is 0 Å². The quantitative estimate of drug-likeness (QED) is 0.0680. The Morgan fingerprint density at radius 3 is 1.96 bits per heavy atom. The van der Waals surface area contributed by atoms with Crippen molar-refractivity contribution in [1.82, 2.24) is 5.43 Å². The molecule has 0 spiro atoms. The Bertz CT molecular complexity index is 446. The van der Waals surface area contributed by atoms with E-state index in [-0.39, 0.29) is 18.9 Å². The number of nitrogens with two attached hydrogens (primary N) is 4. The highest BCUT2D eigenvalue weighted by Crippen LogP contribution is 1.97. The summed E-state index contributed by atoms with van der Waals surface area (Å²) in [7, 11) is 0. The van der Waals surface area contributed by atoms with Crippen molar-refractivity contribution in [2.24, 2.45) is 27.9 Å². The van der Waals surface area contributed by atoms with Crippen molar-refractivity contribution in [2.45, 2.75) is 44.2 Å². The van der Waals surface area contributed by atoms with Gasteiger partial charge in [-0.1, -0.05) is 11.8 Å². The zero-order chi connectivity index (χ0) is 19.8. The second-order valence-electron chi connectivity index (χ2n) is 4.95. The molecular formula is C12H27N7O6. The van der Waals surface area contributed by atoms with Crippen LogP contribution in [0.2, 0.25) is 0 Å². The zero-order valence-electron chi connectivity index (χ0n) is 13.8. The van der Waals surface area contributed by atoms with Crippen LogP contribution >= 0.6 is 0 Å². The van der Waals surface area contributed by atoms with Gasteiger partial charge >= 0.3 is 11.9 Å². The number of hydrazine groups is 1. The second kappa shape index (κ2) is 15.0. The van der Waals surface area contributed by atoms with Gasteiger partial charge in [0.25, 0.3) is 5.96 Å². The summed E-state index contributed by atoms with van der Waals surface area (Å²) in [5, 5.41) is 25.8. The molecule has 0 aliphatic heterocycles. The predicted octanol–water partition coefficient (Wildman–Crippen LogP) is -2.20. The molecule has 13 heteroatoms. The third-order valence-electron chi connectivity index (χ3n) is 2.76. The number of nitrogens with zero attached hydrogens (tertiary/aromatic N) is 2. The van der Waals surface area contributed by atoms with Gasteiger partial charge in [-0.25, -0.2) is 15.1 Å². The molecule has 11 N–H and O–H groups in total. The smallest absolute Gasteiger partial charge is 0.320 e. The normalized spacial score (nSPS) is 13.2. The van der Waals surface area contributed by atoms with Gasteiger partial charge in [0.15, 0.2) is 5.03 Å². The van der Waals surface area contributed by atoms with Gasteiger partial charge in [-0.3, -0.25) is 9.59 Å². The van der Waals surface area contributed by atoms with E-state index in [0.717, 1.165) is 12.8 Å². The Kier molecular flexibility index (Phi) is 14.9. The standard InChI is InChI=1S/C6H13N5O4.C6H14N2O2/c7-4(5(12)13)2-1-3-9-6(8)10-11(14)15;7-4-2-1-3-5(8)6(9)10/h4H,1-3,7H2,(H,12,13)(H3,8,9,10);5H,1-4,7-8H2,(H,9,10)/t4-;5-/m11/s1. The molecular weight excluding hydrogens is 338 g/mol. The number of aliphatic imine (C=N–C) groups is 1. The van der Waals surface area contributed by atoms with E-state index in [4.69, 9.17) is 33.1 Å². The van der Waals surface area contributed by atoms with E-state index in [1.807, 2.05) is 0 Å². The highest BCUT2D eigenvalue weighted by molar-refractivity contribution is 5.76. The minimum absolute atomic E-state index is 0.188. The van der Waals surface area contributed by atoms with Gasteiger partial charge in [0, 0.05) is 6.54 Å². The van der Waals surface area contributed by atoms with Crippen LogP contribution in [-0.2, 0) is 9.59 Å². The van der Waals surface area contributed by atoms with Crippen molar-refractivity contribution in [2.75, 3.05) is 13.1 Å². The molecule has 25 heavy (non-hydrogen) atoms. The van der Waals surface area contributed by atoms with Crippen LogP contribution in [0.3, 0.4) is 0 Å². The fourth-order valence-corrected chi connectivity index (χ4v) is 1.40. The number of carbonyl (C=O) groups is 2. The lowest BCUT2D eigenvalue weighted by Crippen LogP contribution is -2.36. The SMILES string of the molecule is NC(=NCCC[C@@H](N)C(=O)O)N[N+](=O)[O-].NCCCC[C@@H](N)C(=O)O. The van der Waals surface area contributed by atoms with Gasteiger partial charge in [-0.2, -0.15) is 0 Å². The lowest BCUT2D eigenvalue weighted by molar-refractivity contribution is -0.525. The maximum atomic E-state index is 10.3. The minimum Gasteiger partial charge on any atom is -0.480 e. The van der Waals surface area contributed by atoms with Gasteiger partial charge in [-0.05, 0) is 32.2 Å². The Balaban J connectivity index is 0. The summed E-state index contributed by atoms with van der Waals surface area (Å²) in [4.78, 5) is 33.9. The Morgan fingerprint density at radius 1 is 1.08 bits per heavy atom. The predicted molar refractivity (Wildman–Crippen MR) is 90.0 cm³/mol. The summed E-state index contributed by atoms with van der Waals surface area (Å²) in [5.41, 5.74) is 22.4. The summed E-state index contributed by atoms with van der Waals surface area (Å²) in [6.45, 7) is 0.792. The highest BCUT2D eigenvalue weighted by atomic mass is 16.7. The van der Waals surface area contributed by atoms with Crippen molar-refractivity contribution in [3.8, 4) is 0 Å². The number of nitrogens with one attached hydrogen (secondary N) is 1. The molecule has 0 radical (unpaired) electrons. The van der Waals surface area contributed by atoms with Crippen molar-refractivity contribution >= 4 is 17.9 Å². The molecule has 0 saturated heterocycles. The van der Waals surface area contributed by atoms with E-state index in [0.29, 0.717) is 19.4 Å². The minimum atomic E-state index is -1.09. The maximum absolute atomic E-state index is 10.3. The maximum Gasteiger partial charge on any atom is 0.320 e. The molecule has 0 fully saturated rings. The number of hydrogen-bond acceptors (Lipinski definition) is 8. The number of unbranched alkanes of at least 4 members (excludes halogenated alkanes) is 1. The molecule has 0 aromatic carbocycles. The number of carboxylic acid groups (broad SMARTS) is 2. The first-order valence-electron chi connectivity index (χ1n) is 7.49. The summed E-state index contributed by atoms with van der Waals surface area (Å²) >= 11 is 0. The molecule has 0 amide bonds. The fourth-order valence-electron chi connectivity index (χ4n) is 1.40. The second-order valence-corrected chi connectivity index (χ2v) is 4.95. The van der Waals surface area contributed by atoms with Crippen LogP contribution in [0.25, 0.3) is 0 Å². The third kappa shape index (κ3) is 17.7. The molecule has 0 bridgehead atoms. The zero-order valence-corrected chi connectivity index (χ0v) is 13.8. The average Bonchev–Trinajstić information content (AvgIpc) is 2.51. The van der Waals surface area contributed by atoms with Crippen LogP contribution in [0.4, 0.5) is 0 Å². The summed E-state index contributed by atoms with van der Waals surface area (Å²) in [5.74, 6) is -2.34. The molecule has 2 atom stereocenters. The number of nitro groups is 1.